The van der Waals surface area contributed by atoms with Crippen molar-refractivity contribution in [1.82, 2.24) is 0 Å². The van der Waals surface area contributed by atoms with Crippen LogP contribution in [0, 0.1) is 61.6 Å². The summed E-state index contributed by atoms with van der Waals surface area (Å²) in [6, 6.07) is 2.30. The molecule has 2 unspecified atom stereocenters. The van der Waals surface area contributed by atoms with Crippen molar-refractivity contribution in [2.75, 3.05) is 0 Å². The lowest BCUT2D eigenvalue weighted by Crippen LogP contribution is -2.65. The van der Waals surface area contributed by atoms with Crippen LogP contribution in [-0.2, 0) is 14.3 Å². The van der Waals surface area contributed by atoms with E-state index in [0.717, 1.165) is 44.9 Å². The number of esters is 1. The second kappa shape index (κ2) is 7.61. The van der Waals surface area contributed by atoms with Gasteiger partial charge in [0.2, 0.25) is 0 Å². The molecule has 5 heteroatoms. The second-order valence-corrected chi connectivity index (χ2v) is 15.3. The van der Waals surface area contributed by atoms with Gasteiger partial charge in [-0.15, -0.1) is 0 Å². The van der Waals surface area contributed by atoms with Gasteiger partial charge in [0.05, 0.1) is 11.6 Å². The fourth-order valence-corrected chi connectivity index (χ4v) is 10.4. The number of aliphatic hydroxyl groups is 1. The van der Waals surface area contributed by atoms with Crippen LogP contribution >= 0.6 is 0 Å². The van der Waals surface area contributed by atoms with Gasteiger partial charge in [-0.05, 0) is 79.4 Å². The van der Waals surface area contributed by atoms with Gasteiger partial charge in [0, 0.05) is 28.6 Å². The molecule has 4 aliphatic carbocycles. The zero-order valence-electron chi connectivity index (χ0n) is 23.4. The molecule has 8 atom stereocenters. The van der Waals surface area contributed by atoms with E-state index < -0.39 is 10.8 Å². The number of allylic oxidation sites excluding steroid dienone is 2. The number of rotatable bonds is 1. The Morgan fingerprint density at radius 2 is 1.64 bits per heavy atom. The molecule has 198 valence electrons. The Bertz CT molecular complexity index is 1070. The maximum Gasteiger partial charge on any atom is 0.306 e. The molecule has 0 aromatic rings. The summed E-state index contributed by atoms with van der Waals surface area (Å²) >= 11 is 0. The van der Waals surface area contributed by atoms with Gasteiger partial charge >= 0.3 is 5.97 Å². The van der Waals surface area contributed by atoms with Crippen LogP contribution in [0.4, 0.5) is 0 Å². The van der Waals surface area contributed by atoms with Gasteiger partial charge in [0.25, 0.3) is 0 Å². The number of hydrogen-bond acceptors (Lipinski definition) is 5. The minimum atomic E-state index is -0.511. The van der Waals surface area contributed by atoms with Gasteiger partial charge in [0.1, 0.15) is 18.1 Å². The highest BCUT2D eigenvalue weighted by Crippen LogP contribution is 2.74. The van der Waals surface area contributed by atoms with Crippen LogP contribution in [0.3, 0.4) is 0 Å². The molecule has 5 aliphatic rings. The topological polar surface area (TPSA) is 87.4 Å². The standard InChI is InChI=1S/C31H45NO4/c1-26(2)10-12-31(18-33)13-11-30(7)25(20(31)16-26)36-23(34)14-22-28(5)15-19(17-32)24(35)27(3,4)21(28)8-9-29(22,30)6/h18,20-22,25,35H,8-16H2,1-7H3/t20?,21-,22+,25?,28-,29+,30+,31+/m0/s1. The van der Waals surface area contributed by atoms with E-state index >= 15 is 0 Å². The number of nitrogens with zero attached hydrogens (tertiary/aromatic N) is 1. The number of nitriles is 1. The maximum atomic E-state index is 13.7. The van der Waals surface area contributed by atoms with Gasteiger partial charge in [-0.25, -0.2) is 0 Å². The molecule has 0 spiro atoms. The number of carbonyl (C=O) groups excluding carboxylic acids is 2. The van der Waals surface area contributed by atoms with Crippen molar-refractivity contribution in [3.63, 3.8) is 0 Å². The molecule has 1 N–H and O–H groups in total. The molecule has 0 aromatic heterocycles. The van der Waals surface area contributed by atoms with Crippen molar-refractivity contribution in [3.05, 3.63) is 11.3 Å². The quantitative estimate of drug-likeness (QED) is 0.315. The number of hydrogen-bond donors (Lipinski definition) is 1. The van der Waals surface area contributed by atoms with Gasteiger partial charge in [-0.1, -0.05) is 48.5 Å². The Morgan fingerprint density at radius 1 is 0.972 bits per heavy atom. The predicted octanol–water partition coefficient (Wildman–Crippen LogP) is 6.92. The number of carbonyl (C=O) groups is 2. The summed E-state index contributed by atoms with van der Waals surface area (Å²) in [5.41, 5.74) is -1.03. The van der Waals surface area contributed by atoms with Crippen LogP contribution in [0.1, 0.15) is 106 Å². The SMILES string of the molecule is CC1(C)CC[C@]2(C=O)CC[C@]3(C)C(OC(=O)C[C@@H]4[C@@]5(C)CC(C#N)=C(O)C(C)(C)[C@@H]5CC[C@]43C)C2C1. The summed E-state index contributed by atoms with van der Waals surface area (Å²) in [5, 5.41) is 21.0. The van der Waals surface area contributed by atoms with Gasteiger partial charge in [-0.2, -0.15) is 5.26 Å². The molecule has 0 aromatic carbocycles. The highest BCUT2D eigenvalue weighted by atomic mass is 16.5. The normalized spacial score (nSPS) is 49.2. The maximum absolute atomic E-state index is 13.7. The van der Waals surface area contributed by atoms with E-state index in [0.29, 0.717) is 18.4 Å². The van der Waals surface area contributed by atoms with Gasteiger partial charge in [0.15, 0.2) is 0 Å². The van der Waals surface area contributed by atoms with Crippen molar-refractivity contribution >= 4 is 12.3 Å². The van der Waals surface area contributed by atoms with Gasteiger partial charge in [-0.3, -0.25) is 4.79 Å². The molecule has 0 bridgehead atoms. The Labute approximate surface area is 217 Å². The van der Waals surface area contributed by atoms with E-state index in [-0.39, 0.29) is 57.2 Å². The number of fused-ring (bicyclic) bond motifs is 7. The van der Waals surface area contributed by atoms with Crippen molar-refractivity contribution in [3.8, 4) is 6.07 Å². The van der Waals surface area contributed by atoms with E-state index in [9.17, 15) is 20.0 Å². The summed E-state index contributed by atoms with van der Waals surface area (Å²) in [5.74, 6) is 0.349. The average molecular weight is 496 g/mol. The molecular formula is C31H45NO4. The third-order valence-corrected chi connectivity index (χ3v) is 12.8. The molecule has 4 fully saturated rings. The summed E-state index contributed by atoms with van der Waals surface area (Å²) < 4.78 is 6.49. The first-order valence-electron chi connectivity index (χ1n) is 14.1. The summed E-state index contributed by atoms with van der Waals surface area (Å²) in [4.78, 5) is 26.3. The molecule has 5 rings (SSSR count). The van der Waals surface area contributed by atoms with E-state index in [1.54, 1.807) is 0 Å². The summed E-state index contributed by atoms with van der Waals surface area (Å²) in [6.45, 7) is 15.7. The van der Waals surface area contributed by atoms with Crippen molar-refractivity contribution in [2.45, 2.75) is 112 Å². The average Bonchev–Trinajstić information content (AvgIpc) is 2.89. The zero-order chi connectivity index (χ0) is 26.5. The van der Waals surface area contributed by atoms with Crippen LogP contribution in [-0.4, -0.2) is 23.5 Å². The molecule has 0 radical (unpaired) electrons. The van der Waals surface area contributed by atoms with Crippen molar-refractivity contribution in [2.24, 2.45) is 50.2 Å². The Balaban J connectivity index is 1.64. The minimum Gasteiger partial charge on any atom is -0.511 e. The van der Waals surface area contributed by atoms with Crippen LogP contribution in [0.2, 0.25) is 0 Å². The highest BCUT2D eigenvalue weighted by Gasteiger charge is 2.71. The predicted molar refractivity (Wildman–Crippen MR) is 138 cm³/mol. The second-order valence-electron chi connectivity index (χ2n) is 15.3. The van der Waals surface area contributed by atoms with Crippen LogP contribution in [0.15, 0.2) is 11.3 Å². The smallest absolute Gasteiger partial charge is 0.306 e. The summed E-state index contributed by atoms with van der Waals surface area (Å²) in [7, 11) is 0. The van der Waals surface area contributed by atoms with Crippen LogP contribution in [0.25, 0.3) is 0 Å². The first-order valence-corrected chi connectivity index (χ1v) is 14.1. The largest absolute Gasteiger partial charge is 0.511 e. The van der Waals surface area contributed by atoms with E-state index in [1.165, 1.54) is 6.29 Å². The Hall–Kier alpha value is -1.83. The molecule has 3 saturated carbocycles. The molecule has 1 saturated heterocycles. The van der Waals surface area contributed by atoms with Crippen molar-refractivity contribution < 1.29 is 19.4 Å². The van der Waals surface area contributed by atoms with E-state index in [4.69, 9.17) is 4.74 Å². The fourth-order valence-electron chi connectivity index (χ4n) is 10.4. The number of aliphatic hydroxyl groups excluding tert-OH is 1. The molecule has 36 heavy (non-hydrogen) atoms. The first-order chi connectivity index (χ1) is 16.6. The third kappa shape index (κ3) is 3.11. The molecule has 0 amide bonds. The van der Waals surface area contributed by atoms with Crippen LogP contribution < -0.4 is 0 Å². The highest BCUT2D eigenvalue weighted by molar-refractivity contribution is 5.71. The van der Waals surface area contributed by atoms with E-state index in [2.05, 4.69) is 54.5 Å². The summed E-state index contributed by atoms with van der Waals surface area (Å²) in [6.07, 6.45) is 8.25. The fraction of sp³-hybridized carbons (Fsp3) is 0.839. The number of aldehydes is 1. The monoisotopic (exact) mass is 495 g/mol. The lowest BCUT2D eigenvalue weighted by atomic mass is 9.36. The van der Waals surface area contributed by atoms with Gasteiger partial charge < -0.3 is 14.6 Å². The van der Waals surface area contributed by atoms with E-state index in [1.807, 2.05) is 0 Å². The van der Waals surface area contributed by atoms with Crippen molar-refractivity contribution in [1.29, 1.82) is 5.26 Å². The van der Waals surface area contributed by atoms with Crippen LogP contribution in [0.5, 0.6) is 0 Å². The lowest BCUT2D eigenvalue weighted by Gasteiger charge is -2.68. The molecule has 1 aliphatic heterocycles. The Morgan fingerprint density at radius 3 is 2.28 bits per heavy atom. The third-order valence-electron chi connectivity index (χ3n) is 12.8. The number of ether oxygens (including phenoxy) is 1. The minimum absolute atomic E-state index is 0.0438. The zero-order valence-corrected chi connectivity index (χ0v) is 23.4. The lowest BCUT2D eigenvalue weighted by molar-refractivity contribution is -0.218. The molecule has 1 heterocycles. The molecule has 5 nitrogen and oxygen atoms in total. The first kappa shape index (κ1) is 25.8. The molecular weight excluding hydrogens is 450 g/mol. The Kier molecular flexibility index (Phi) is 5.45.